The first-order valence-corrected chi connectivity index (χ1v) is 5.78. The molecular formula is C13H13ClN3+. The Labute approximate surface area is 105 Å². The Hall–Kier alpha value is -1.79. The average Bonchev–Trinajstić information content (AvgIpc) is 2.67. The summed E-state index contributed by atoms with van der Waals surface area (Å²) in [5.41, 5.74) is 1.18. The van der Waals surface area contributed by atoms with Crippen molar-refractivity contribution in [1.29, 1.82) is 5.26 Å². The fourth-order valence-electron chi connectivity index (χ4n) is 1.79. The lowest BCUT2D eigenvalue weighted by molar-refractivity contribution is -0.673. The quantitative estimate of drug-likeness (QED) is 0.764. The highest BCUT2D eigenvalue weighted by Crippen LogP contribution is 2.11. The van der Waals surface area contributed by atoms with Gasteiger partial charge < -0.3 is 0 Å². The molecule has 0 aliphatic heterocycles. The van der Waals surface area contributed by atoms with E-state index in [0.717, 1.165) is 18.0 Å². The minimum Gasteiger partial charge on any atom is -0.224 e. The van der Waals surface area contributed by atoms with Gasteiger partial charge in [-0.05, 0) is 17.7 Å². The van der Waals surface area contributed by atoms with Crippen LogP contribution < -0.4 is 4.57 Å². The lowest BCUT2D eigenvalue weighted by atomic mass is 10.1. The molecule has 0 radical (unpaired) electrons. The molecule has 0 unspecified atom stereocenters. The van der Waals surface area contributed by atoms with Crippen molar-refractivity contribution < 1.29 is 4.57 Å². The van der Waals surface area contributed by atoms with Crippen molar-refractivity contribution in [3.05, 3.63) is 53.1 Å². The first-order chi connectivity index (χ1) is 8.20. The van der Waals surface area contributed by atoms with E-state index in [9.17, 15) is 0 Å². The van der Waals surface area contributed by atoms with Gasteiger partial charge in [0.25, 0.3) is 0 Å². The second kappa shape index (κ2) is 5.03. The Morgan fingerprint density at radius 3 is 3.00 bits per heavy atom. The molecule has 3 nitrogen and oxygen atoms in total. The van der Waals surface area contributed by atoms with Gasteiger partial charge in [-0.15, -0.1) is 0 Å². The molecule has 1 aromatic carbocycles. The molecule has 0 atom stereocenters. The maximum atomic E-state index is 9.02. The molecule has 0 aliphatic rings. The summed E-state index contributed by atoms with van der Waals surface area (Å²) in [6.45, 7) is 0.782. The van der Waals surface area contributed by atoms with Crippen LogP contribution in [0.15, 0.2) is 36.7 Å². The number of halogens is 1. The van der Waals surface area contributed by atoms with Crippen molar-refractivity contribution >= 4 is 11.6 Å². The SMILES string of the molecule is C[n+]1ccn(CCc2cccc(Cl)c2)c1C#N. The molecule has 0 amide bonds. The van der Waals surface area contributed by atoms with E-state index in [1.807, 2.05) is 52.8 Å². The van der Waals surface area contributed by atoms with Crippen molar-refractivity contribution in [1.82, 2.24) is 4.57 Å². The summed E-state index contributed by atoms with van der Waals surface area (Å²) in [6.07, 6.45) is 4.67. The van der Waals surface area contributed by atoms with Crippen LogP contribution in [0.5, 0.6) is 0 Å². The van der Waals surface area contributed by atoms with Crippen molar-refractivity contribution in [3.63, 3.8) is 0 Å². The van der Waals surface area contributed by atoms with E-state index in [1.54, 1.807) is 0 Å². The number of hydrogen-bond acceptors (Lipinski definition) is 1. The summed E-state index contributed by atoms with van der Waals surface area (Å²) in [5, 5.41) is 9.77. The fraction of sp³-hybridized carbons (Fsp3) is 0.231. The fourth-order valence-corrected chi connectivity index (χ4v) is 2.00. The number of aryl methyl sites for hydroxylation is 3. The van der Waals surface area contributed by atoms with Crippen LogP contribution in [0.25, 0.3) is 0 Å². The monoisotopic (exact) mass is 246 g/mol. The number of hydrogen-bond donors (Lipinski definition) is 0. The zero-order valence-electron chi connectivity index (χ0n) is 9.60. The van der Waals surface area contributed by atoms with E-state index in [0.29, 0.717) is 5.82 Å². The van der Waals surface area contributed by atoms with E-state index < -0.39 is 0 Å². The van der Waals surface area contributed by atoms with Crippen LogP contribution >= 0.6 is 11.6 Å². The summed E-state index contributed by atoms with van der Waals surface area (Å²) in [6, 6.07) is 10.00. The molecule has 0 fully saturated rings. The molecule has 0 N–H and O–H groups in total. The highest BCUT2D eigenvalue weighted by molar-refractivity contribution is 6.30. The number of imidazole rings is 1. The second-order valence-corrected chi connectivity index (χ2v) is 4.35. The maximum Gasteiger partial charge on any atom is 0.361 e. The van der Waals surface area contributed by atoms with Gasteiger partial charge in [0.05, 0.1) is 13.6 Å². The lowest BCUT2D eigenvalue weighted by Crippen LogP contribution is -2.30. The van der Waals surface area contributed by atoms with Gasteiger partial charge in [-0.3, -0.25) is 0 Å². The third-order valence-corrected chi connectivity index (χ3v) is 2.94. The normalized spacial score (nSPS) is 10.2. The maximum absolute atomic E-state index is 9.02. The van der Waals surface area contributed by atoms with Crippen LogP contribution in [0, 0.1) is 11.3 Å². The van der Waals surface area contributed by atoms with Gasteiger partial charge in [-0.25, -0.2) is 9.13 Å². The molecule has 2 rings (SSSR count). The van der Waals surface area contributed by atoms with Crippen molar-refractivity contribution in [2.24, 2.45) is 7.05 Å². The van der Waals surface area contributed by atoms with E-state index in [2.05, 4.69) is 6.07 Å². The topological polar surface area (TPSA) is 32.6 Å². The zero-order chi connectivity index (χ0) is 12.3. The van der Waals surface area contributed by atoms with Crippen LogP contribution in [0.1, 0.15) is 11.4 Å². The van der Waals surface area contributed by atoms with Crippen LogP contribution in [-0.4, -0.2) is 4.57 Å². The van der Waals surface area contributed by atoms with E-state index >= 15 is 0 Å². The van der Waals surface area contributed by atoms with Gasteiger partial charge in [0.15, 0.2) is 6.07 Å². The average molecular weight is 247 g/mol. The molecule has 17 heavy (non-hydrogen) atoms. The molecule has 0 spiro atoms. The summed E-state index contributed by atoms with van der Waals surface area (Å²) in [7, 11) is 1.87. The van der Waals surface area contributed by atoms with Crippen molar-refractivity contribution in [2.75, 3.05) is 0 Å². The zero-order valence-corrected chi connectivity index (χ0v) is 10.4. The molecule has 0 saturated carbocycles. The summed E-state index contributed by atoms with van der Waals surface area (Å²) in [4.78, 5) is 0. The van der Waals surface area contributed by atoms with Crippen LogP contribution in [0.4, 0.5) is 0 Å². The lowest BCUT2D eigenvalue weighted by Gasteiger charge is -2.00. The second-order valence-electron chi connectivity index (χ2n) is 3.92. The van der Waals surface area contributed by atoms with Crippen LogP contribution in [0.3, 0.4) is 0 Å². The largest absolute Gasteiger partial charge is 0.361 e. The molecule has 0 bridgehead atoms. The molecule has 0 saturated heterocycles. The van der Waals surface area contributed by atoms with Crippen LogP contribution in [-0.2, 0) is 20.0 Å². The smallest absolute Gasteiger partial charge is 0.224 e. The predicted octanol–water partition coefficient (Wildman–Crippen LogP) is 2.08. The van der Waals surface area contributed by atoms with Crippen LogP contribution in [0.2, 0.25) is 5.02 Å². The minimum atomic E-state index is 0.659. The van der Waals surface area contributed by atoms with Gasteiger partial charge >= 0.3 is 5.82 Å². The Bertz CT molecular complexity index is 566. The van der Waals surface area contributed by atoms with E-state index in [1.165, 1.54) is 5.56 Å². The standard InChI is InChI=1S/C13H13ClN3/c1-16-7-8-17(13(16)10-15)6-5-11-3-2-4-12(14)9-11/h2-4,7-9H,5-6H2,1H3/q+1. The van der Waals surface area contributed by atoms with Crippen molar-refractivity contribution in [2.45, 2.75) is 13.0 Å². The number of rotatable bonds is 3. The number of benzene rings is 1. The molecule has 1 aromatic heterocycles. The first-order valence-electron chi connectivity index (χ1n) is 5.40. The highest BCUT2D eigenvalue weighted by Gasteiger charge is 2.12. The van der Waals surface area contributed by atoms with Gasteiger partial charge in [0.2, 0.25) is 0 Å². The van der Waals surface area contributed by atoms with Crippen molar-refractivity contribution in [3.8, 4) is 6.07 Å². The molecule has 1 heterocycles. The highest BCUT2D eigenvalue weighted by atomic mass is 35.5. The third-order valence-electron chi connectivity index (χ3n) is 2.71. The predicted molar refractivity (Wildman–Crippen MR) is 65.5 cm³/mol. The molecule has 2 aromatic rings. The number of nitrogens with zero attached hydrogens (tertiary/aromatic N) is 3. The third kappa shape index (κ3) is 2.66. The minimum absolute atomic E-state index is 0.659. The summed E-state index contributed by atoms with van der Waals surface area (Å²) >= 11 is 5.93. The molecule has 4 heteroatoms. The van der Waals surface area contributed by atoms with Gasteiger partial charge in [0.1, 0.15) is 12.4 Å². The van der Waals surface area contributed by atoms with Gasteiger partial charge in [0, 0.05) is 11.4 Å². The molecule has 0 aliphatic carbocycles. The first kappa shape index (κ1) is 11.7. The number of aromatic nitrogens is 2. The van der Waals surface area contributed by atoms with E-state index in [4.69, 9.17) is 16.9 Å². The Kier molecular flexibility index (Phi) is 3.46. The Morgan fingerprint density at radius 2 is 2.29 bits per heavy atom. The van der Waals surface area contributed by atoms with Gasteiger partial charge in [-0.1, -0.05) is 23.7 Å². The number of nitriles is 1. The summed E-state index contributed by atoms with van der Waals surface area (Å²) < 4.78 is 3.76. The van der Waals surface area contributed by atoms with Gasteiger partial charge in [-0.2, -0.15) is 5.26 Å². The Morgan fingerprint density at radius 1 is 1.47 bits per heavy atom. The summed E-state index contributed by atoms with van der Waals surface area (Å²) in [5.74, 6) is 0.659. The Balaban J connectivity index is 2.10. The van der Waals surface area contributed by atoms with E-state index in [-0.39, 0.29) is 0 Å². The molecule has 86 valence electrons. The molecular weight excluding hydrogens is 234 g/mol.